The van der Waals surface area contributed by atoms with Crippen molar-refractivity contribution in [3.05, 3.63) is 0 Å². The number of carbonyl (C=O) groups is 2. The summed E-state index contributed by atoms with van der Waals surface area (Å²) < 4.78 is 5.24. The number of hydrogen-bond donors (Lipinski definition) is 0. The van der Waals surface area contributed by atoms with Crippen molar-refractivity contribution in [1.82, 2.24) is 0 Å². The Morgan fingerprint density at radius 1 is 1.31 bits per heavy atom. The highest BCUT2D eigenvalue weighted by Crippen LogP contribution is 2.25. The molecule has 1 rings (SSSR count). The lowest BCUT2D eigenvalue weighted by molar-refractivity contribution is -0.155. The molecule has 0 N–H and O–H groups in total. The molecular formula is C13H22O3. The average Bonchev–Trinajstić information content (AvgIpc) is 2.14. The van der Waals surface area contributed by atoms with Crippen LogP contribution in [0.25, 0.3) is 0 Å². The van der Waals surface area contributed by atoms with Gasteiger partial charge in [-0.2, -0.15) is 0 Å². The Hall–Kier alpha value is -0.860. The highest BCUT2D eigenvalue weighted by molar-refractivity contribution is 5.79. The minimum atomic E-state index is -0.389. The molecule has 1 aliphatic carbocycles. The standard InChI is InChI=1S/C13H22O3/c1-13(2,3)16-12(15)9-6-10-4-7-11(14)8-5-10/h10H,4-9H2,1-3H3. The molecule has 1 fully saturated rings. The summed E-state index contributed by atoms with van der Waals surface area (Å²) in [5, 5.41) is 0. The van der Waals surface area contributed by atoms with Crippen molar-refractivity contribution in [3.8, 4) is 0 Å². The first kappa shape index (κ1) is 13.2. The fraction of sp³-hybridized carbons (Fsp3) is 0.846. The number of esters is 1. The van der Waals surface area contributed by atoms with Gasteiger partial charge in [-0.25, -0.2) is 0 Å². The summed E-state index contributed by atoms with van der Waals surface area (Å²) in [6.45, 7) is 5.64. The zero-order valence-electron chi connectivity index (χ0n) is 10.5. The van der Waals surface area contributed by atoms with Crippen LogP contribution in [0.3, 0.4) is 0 Å². The van der Waals surface area contributed by atoms with Gasteiger partial charge in [0.15, 0.2) is 0 Å². The second-order valence-corrected chi connectivity index (χ2v) is 5.61. The van der Waals surface area contributed by atoms with E-state index in [-0.39, 0.29) is 11.6 Å². The first-order valence-electron chi connectivity index (χ1n) is 6.10. The van der Waals surface area contributed by atoms with Gasteiger partial charge in [0.05, 0.1) is 0 Å². The lowest BCUT2D eigenvalue weighted by atomic mass is 9.85. The molecule has 0 atom stereocenters. The van der Waals surface area contributed by atoms with E-state index in [1.807, 2.05) is 20.8 Å². The van der Waals surface area contributed by atoms with Crippen LogP contribution in [0, 0.1) is 5.92 Å². The van der Waals surface area contributed by atoms with Gasteiger partial charge in [0.1, 0.15) is 11.4 Å². The van der Waals surface area contributed by atoms with E-state index in [0.717, 1.165) is 19.3 Å². The third-order valence-corrected chi connectivity index (χ3v) is 2.84. The van der Waals surface area contributed by atoms with Crippen LogP contribution in [0.4, 0.5) is 0 Å². The SMILES string of the molecule is CC(C)(C)OC(=O)CCC1CCC(=O)CC1. The maximum atomic E-state index is 11.5. The summed E-state index contributed by atoms with van der Waals surface area (Å²) >= 11 is 0. The molecule has 0 spiro atoms. The van der Waals surface area contributed by atoms with Gasteiger partial charge in [-0.3, -0.25) is 9.59 Å². The van der Waals surface area contributed by atoms with E-state index in [9.17, 15) is 9.59 Å². The van der Waals surface area contributed by atoms with Crippen molar-refractivity contribution in [2.75, 3.05) is 0 Å². The monoisotopic (exact) mass is 226 g/mol. The molecule has 0 aromatic carbocycles. The van der Waals surface area contributed by atoms with E-state index in [2.05, 4.69) is 0 Å². The van der Waals surface area contributed by atoms with Gasteiger partial charge in [0.2, 0.25) is 0 Å². The van der Waals surface area contributed by atoms with Crippen LogP contribution in [0.1, 0.15) is 59.3 Å². The molecule has 0 saturated heterocycles. The van der Waals surface area contributed by atoms with Crippen molar-refractivity contribution >= 4 is 11.8 Å². The lowest BCUT2D eigenvalue weighted by Gasteiger charge is -2.22. The van der Waals surface area contributed by atoms with Crippen LogP contribution in [-0.4, -0.2) is 17.4 Å². The number of carbonyl (C=O) groups excluding carboxylic acids is 2. The Morgan fingerprint density at radius 2 is 1.88 bits per heavy atom. The first-order chi connectivity index (χ1) is 7.37. The first-order valence-corrected chi connectivity index (χ1v) is 6.10. The summed E-state index contributed by atoms with van der Waals surface area (Å²) in [7, 11) is 0. The second-order valence-electron chi connectivity index (χ2n) is 5.61. The Labute approximate surface area is 97.5 Å². The number of Topliss-reactive ketones (excluding diaryl/α,β-unsaturated/α-hetero) is 1. The molecule has 1 saturated carbocycles. The van der Waals surface area contributed by atoms with Crippen molar-refractivity contribution in [1.29, 1.82) is 0 Å². The molecule has 92 valence electrons. The molecule has 0 amide bonds. The van der Waals surface area contributed by atoms with E-state index < -0.39 is 0 Å². The normalized spacial score (nSPS) is 18.6. The summed E-state index contributed by atoms with van der Waals surface area (Å²) in [6, 6.07) is 0. The fourth-order valence-electron chi connectivity index (χ4n) is 2.00. The third-order valence-electron chi connectivity index (χ3n) is 2.84. The molecule has 0 aromatic heterocycles. The zero-order chi connectivity index (χ0) is 12.2. The molecule has 16 heavy (non-hydrogen) atoms. The predicted octanol–water partition coefficient (Wildman–Crippen LogP) is 2.87. The molecule has 3 nitrogen and oxygen atoms in total. The summed E-state index contributed by atoms with van der Waals surface area (Å²) in [5.74, 6) is 0.781. The van der Waals surface area contributed by atoms with Gasteiger partial charge in [-0.05, 0) is 46.0 Å². The van der Waals surface area contributed by atoms with Crippen LogP contribution < -0.4 is 0 Å². The molecule has 0 radical (unpaired) electrons. The van der Waals surface area contributed by atoms with E-state index in [1.165, 1.54) is 0 Å². The second kappa shape index (κ2) is 5.46. The van der Waals surface area contributed by atoms with E-state index in [1.54, 1.807) is 0 Å². The van der Waals surface area contributed by atoms with Crippen LogP contribution in [0.5, 0.6) is 0 Å². The molecule has 0 heterocycles. The van der Waals surface area contributed by atoms with Gasteiger partial charge < -0.3 is 4.74 Å². The Bertz CT molecular complexity index is 253. The third kappa shape index (κ3) is 5.29. The van der Waals surface area contributed by atoms with Gasteiger partial charge in [0.25, 0.3) is 0 Å². The highest BCUT2D eigenvalue weighted by Gasteiger charge is 2.21. The summed E-state index contributed by atoms with van der Waals surface area (Å²) in [5.41, 5.74) is -0.389. The Kier molecular flexibility index (Phi) is 4.51. The summed E-state index contributed by atoms with van der Waals surface area (Å²) in [4.78, 5) is 22.5. The number of rotatable bonds is 3. The smallest absolute Gasteiger partial charge is 0.306 e. The Balaban J connectivity index is 2.19. The molecular weight excluding hydrogens is 204 g/mol. The molecule has 3 heteroatoms. The molecule has 0 aliphatic heterocycles. The van der Waals surface area contributed by atoms with Gasteiger partial charge >= 0.3 is 5.97 Å². The van der Waals surface area contributed by atoms with Gasteiger partial charge in [-0.15, -0.1) is 0 Å². The number of hydrogen-bond acceptors (Lipinski definition) is 3. The topological polar surface area (TPSA) is 43.4 Å². The van der Waals surface area contributed by atoms with E-state index >= 15 is 0 Å². The highest BCUT2D eigenvalue weighted by atomic mass is 16.6. The van der Waals surface area contributed by atoms with Crippen LogP contribution in [0.2, 0.25) is 0 Å². The molecule has 0 unspecified atom stereocenters. The van der Waals surface area contributed by atoms with Crippen molar-refractivity contribution < 1.29 is 14.3 Å². The van der Waals surface area contributed by atoms with Crippen molar-refractivity contribution in [2.45, 2.75) is 64.9 Å². The number of ketones is 1. The van der Waals surface area contributed by atoms with Crippen LogP contribution >= 0.6 is 0 Å². The van der Waals surface area contributed by atoms with Crippen LogP contribution in [-0.2, 0) is 14.3 Å². The van der Waals surface area contributed by atoms with Crippen molar-refractivity contribution in [2.24, 2.45) is 5.92 Å². The summed E-state index contributed by atoms with van der Waals surface area (Å²) in [6.07, 6.45) is 4.62. The Morgan fingerprint density at radius 3 is 2.38 bits per heavy atom. The minimum Gasteiger partial charge on any atom is -0.460 e. The van der Waals surface area contributed by atoms with E-state index in [4.69, 9.17) is 4.74 Å². The molecule has 1 aliphatic rings. The largest absolute Gasteiger partial charge is 0.460 e. The van der Waals surface area contributed by atoms with Crippen LogP contribution in [0.15, 0.2) is 0 Å². The predicted molar refractivity (Wildman–Crippen MR) is 62.0 cm³/mol. The quantitative estimate of drug-likeness (QED) is 0.695. The van der Waals surface area contributed by atoms with Crippen molar-refractivity contribution in [3.63, 3.8) is 0 Å². The maximum Gasteiger partial charge on any atom is 0.306 e. The average molecular weight is 226 g/mol. The number of ether oxygens (including phenoxy) is 1. The molecule has 0 bridgehead atoms. The minimum absolute atomic E-state index is 0.121. The fourth-order valence-corrected chi connectivity index (χ4v) is 2.00. The van der Waals surface area contributed by atoms with Gasteiger partial charge in [-0.1, -0.05) is 0 Å². The lowest BCUT2D eigenvalue weighted by Crippen LogP contribution is -2.24. The zero-order valence-corrected chi connectivity index (χ0v) is 10.5. The molecule has 0 aromatic rings. The van der Waals surface area contributed by atoms with Gasteiger partial charge in [0, 0.05) is 19.3 Å². The maximum absolute atomic E-state index is 11.5. The van der Waals surface area contributed by atoms with E-state index in [0.29, 0.717) is 31.0 Å².